The molecule has 2 aromatic rings. The van der Waals surface area contributed by atoms with Crippen LogP contribution in [0.4, 0.5) is 4.79 Å². The zero-order valence-electron chi connectivity index (χ0n) is 21.4. The number of amides is 4. The fourth-order valence-corrected chi connectivity index (χ4v) is 6.51. The normalized spacial score (nSPS) is 22.0. The fraction of sp³-hybridized carbons (Fsp3) is 0.500. The summed E-state index contributed by atoms with van der Waals surface area (Å²) in [5, 5.41) is 4.95. The molecule has 1 aromatic carbocycles. The number of thiophene rings is 1. The first-order chi connectivity index (χ1) is 17.8. The lowest BCUT2D eigenvalue weighted by atomic mass is 10.0. The number of Topliss-reactive ketones (excluding diaryl/α,β-unsaturated/α-hetero) is 1. The number of hydrogen-bond donors (Lipinski definition) is 1. The van der Waals surface area contributed by atoms with Gasteiger partial charge in [0, 0.05) is 30.1 Å². The summed E-state index contributed by atoms with van der Waals surface area (Å²) < 4.78 is 0. The minimum absolute atomic E-state index is 0.0479. The van der Waals surface area contributed by atoms with Crippen LogP contribution in [0.1, 0.15) is 49.9 Å². The largest absolute Gasteiger partial charge is 0.340 e. The van der Waals surface area contributed by atoms with E-state index in [0.717, 1.165) is 36.4 Å². The van der Waals surface area contributed by atoms with Gasteiger partial charge in [0.25, 0.3) is 5.91 Å². The molecule has 0 aliphatic carbocycles. The van der Waals surface area contributed by atoms with Crippen molar-refractivity contribution in [2.24, 2.45) is 5.92 Å². The highest BCUT2D eigenvalue weighted by atomic mass is 32.1. The highest BCUT2D eigenvalue weighted by Crippen LogP contribution is 2.32. The molecular formula is C28H34N4O4S. The SMILES string of the molecule is CC(C)CC(NC(=O)c1ccc(-c2cccs2)cc1)C(=O)N1CCC2C1C(=O)CN2C(=O)N1CCCC1. The van der Waals surface area contributed by atoms with Gasteiger partial charge in [-0.25, -0.2) is 4.79 Å². The number of nitrogens with one attached hydrogen (secondary N) is 1. The van der Waals surface area contributed by atoms with Crippen LogP contribution in [-0.2, 0) is 9.59 Å². The first kappa shape index (κ1) is 25.4. The van der Waals surface area contributed by atoms with Gasteiger partial charge in [-0.15, -0.1) is 11.3 Å². The topological polar surface area (TPSA) is 90.0 Å². The third kappa shape index (κ3) is 5.14. The van der Waals surface area contributed by atoms with E-state index in [-0.39, 0.29) is 42.1 Å². The minimum Gasteiger partial charge on any atom is -0.340 e. The summed E-state index contributed by atoms with van der Waals surface area (Å²) in [5.41, 5.74) is 1.53. The predicted molar refractivity (Wildman–Crippen MR) is 142 cm³/mol. The summed E-state index contributed by atoms with van der Waals surface area (Å²) in [6.45, 7) is 5.91. The van der Waals surface area contributed by atoms with Crippen molar-refractivity contribution in [3.8, 4) is 10.4 Å². The van der Waals surface area contributed by atoms with Crippen LogP contribution in [0.25, 0.3) is 10.4 Å². The van der Waals surface area contributed by atoms with E-state index in [4.69, 9.17) is 0 Å². The Morgan fingerprint density at radius 2 is 1.76 bits per heavy atom. The molecule has 0 saturated carbocycles. The van der Waals surface area contributed by atoms with E-state index in [1.807, 2.05) is 48.4 Å². The average molecular weight is 523 g/mol. The van der Waals surface area contributed by atoms with Crippen molar-refractivity contribution in [3.05, 3.63) is 47.3 Å². The van der Waals surface area contributed by atoms with Crippen molar-refractivity contribution in [1.82, 2.24) is 20.0 Å². The van der Waals surface area contributed by atoms with Crippen LogP contribution in [0, 0.1) is 5.92 Å². The summed E-state index contributed by atoms with van der Waals surface area (Å²) in [6.07, 6.45) is 3.02. The van der Waals surface area contributed by atoms with Gasteiger partial charge in [-0.3, -0.25) is 14.4 Å². The Hall–Kier alpha value is -3.20. The monoisotopic (exact) mass is 522 g/mol. The standard InChI is InChI=1S/C28H34N4O4S/c1-18(2)16-21(29-26(34)20-9-7-19(8-10-20)24-6-5-15-37-24)27(35)31-14-11-22-25(31)23(33)17-32(22)28(36)30-12-3-4-13-30/h5-10,15,18,21-22,25H,3-4,11-14,16-17H2,1-2H3,(H,29,34). The maximum atomic E-state index is 13.7. The molecule has 9 heteroatoms. The molecule has 3 aliphatic heterocycles. The summed E-state index contributed by atoms with van der Waals surface area (Å²) in [4.78, 5) is 59.1. The van der Waals surface area contributed by atoms with Gasteiger partial charge in [0.1, 0.15) is 12.1 Å². The highest BCUT2D eigenvalue weighted by molar-refractivity contribution is 7.13. The van der Waals surface area contributed by atoms with Crippen molar-refractivity contribution in [2.45, 2.75) is 57.7 Å². The van der Waals surface area contributed by atoms with Crippen molar-refractivity contribution < 1.29 is 19.2 Å². The second-order valence-electron chi connectivity index (χ2n) is 10.6. The molecule has 8 nitrogen and oxygen atoms in total. The van der Waals surface area contributed by atoms with Crippen LogP contribution in [0.5, 0.6) is 0 Å². The molecule has 3 unspecified atom stereocenters. The number of nitrogens with zero attached hydrogens (tertiary/aromatic N) is 3. The van der Waals surface area contributed by atoms with E-state index < -0.39 is 12.1 Å². The lowest BCUT2D eigenvalue weighted by Crippen LogP contribution is -2.53. The molecule has 4 heterocycles. The number of ketones is 1. The molecule has 5 rings (SSSR count). The van der Waals surface area contributed by atoms with Gasteiger partial charge in [0.2, 0.25) is 5.91 Å². The molecular weight excluding hydrogens is 488 g/mol. The number of carbonyl (C=O) groups excluding carboxylic acids is 4. The Morgan fingerprint density at radius 3 is 2.41 bits per heavy atom. The van der Waals surface area contributed by atoms with Gasteiger partial charge in [0.15, 0.2) is 5.78 Å². The Labute approximate surface area is 221 Å². The number of benzene rings is 1. The Bertz CT molecular complexity index is 1160. The Morgan fingerprint density at radius 1 is 1.03 bits per heavy atom. The third-order valence-corrected chi connectivity index (χ3v) is 8.51. The molecule has 4 amide bonds. The van der Waals surface area contributed by atoms with Crippen LogP contribution in [0.15, 0.2) is 41.8 Å². The zero-order valence-corrected chi connectivity index (χ0v) is 22.2. The number of hydrogen-bond acceptors (Lipinski definition) is 5. The Balaban J connectivity index is 1.28. The van der Waals surface area contributed by atoms with Crippen molar-refractivity contribution in [2.75, 3.05) is 26.2 Å². The van der Waals surface area contributed by atoms with E-state index in [1.165, 1.54) is 0 Å². The van der Waals surface area contributed by atoms with Crippen molar-refractivity contribution in [3.63, 3.8) is 0 Å². The van der Waals surface area contributed by atoms with E-state index in [9.17, 15) is 19.2 Å². The van der Waals surface area contributed by atoms with Gasteiger partial charge >= 0.3 is 6.03 Å². The maximum Gasteiger partial charge on any atom is 0.320 e. The van der Waals surface area contributed by atoms with Crippen LogP contribution in [0.2, 0.25) is 0 Å². The van der Waals surface area contributed by atoms with E-state index in [1.54, 1.807) is 33.3 Å². The lowest BCUT2D eigenvalue weighted by Gasteiger charge is -2.30. The number of rotatable bonds is 6. The third-order valence-electron chi connectivity index (χ3n) is 7.59. The van der Waals surface area contributed by atoms with E-state index in [2.05, 4.69) is 5.32 Å². The second-order valence-corrected chi connectivity index (χ2v) is 11.6. The van der Waals surface area contributed by atoms with Gasteiger partial charge in [-0.05, 0) is 60.7 Å². The summed E-state index contributed by atoms with van der Waals surface area (Å²) in [7, 11) is 0. The molecule has 0 spiro atoms. The van der Waals surface area contributed by atoms with E-state index >= 15 is 0 Å². The summed E-state index contributed by atoms with van der Waals surface area (Å²) >= 11 is 1.64. The van der Waals surface area contributed by atoms with Crippen LogP contribution >= 0.6 is 11.3 Å². The molecule has 1 aromatic heterocycles. The van der Waals surface area contributed by atoms with E-state index in [0.29, 0.717) is 24.9 Å². The average Bonchev–Trinajstić information content (AvgIpc) is 3.69. The maximum absolute atomic E-state index is 13.7. The first-order valence-corrected chi connectivity index (χ1v) is 14.0. The highest BCUT2D eigenvalue weighted by Gasteiger charge is 2.53. The van der Waals surface area contributed by atoms with Gasteiger partial charge in [-0.2, -0.15) is 0 Å². The quantitative estimate of drug-likeness (QED) is 0.628. The minimum atomic E-state index is -0.737. The molecule has 3 atom stereocenters. The fourth-order valence-electron chi connectivity index (χ4n) is 5.78. The van der Waals surface area contributed by atoms with Crippen LogP contribution in [-0.4, -0.2) is 82.6 Å². The second kappa shape index (κ2) is 10.7. The number of urea groups is 1. The number of fused-ring (bicyclic) bond motifs is 1. The van der Waals surface area contributed by atoms with Crippen molar-refractivity contribution in [1.29, 1.82) is 0 Å². The molecule has 3 fully saturated rings. The van der Waals surface area contributed by atoms with Crippen LogP contribution < -0.4 is 5.32 Å². The van der Waals surface area contributed by atoms with Crippen LogP contribution in [0.3, 0.4) is 0 Å². The molecule has 0 bridgehead atoms. The molecule has 3 saturated heterocycles. The molecule has 3 aliphatic rings. The molecule has 1 N–H and O–H groups in total. The molecule has 37 heavy (non-hydrogen) atoms. The van der Waals surface area contributed by atoms with Gasteiger partial charge < -0.3 is 20.0 Å². The lowest BCUT2D eigenvalue weighted by molar-refractivity contribution is -0.138. The number of likely N-dealkylation sites (tertiary alicyclic amines) is 3. The van der Waals surface area contributed by atoms with Gasteiger partial charge in [-0.1, -0.05) is 32.0 Å². The number of carbonyl (C=O) groups is 4. The smallest absolute Gasteiger partial charge is 0.320 e. The molecule has 0 radical (unpaired) electrons. The zero-order chi connectivity index (χ0) is 26.1. The van der Waals surface area contributed by atoms with Crippen molar-refractivity contribution >= 4 is 35.0 Å². The molecule has 196 valence electrons. The predicted octanol–water partition coefficient (Wildman–Crippen LogP) is 3.63. The van der Waals surface area contributed by atoms with Gasteiger partial charge in [0.05, 0.1) is 12.6 Å². The summed E-state index contributed by atoms with van der Waals surface area (Å²) in [6, 6.07) is 9.64. The summed E-state index contributed by atoms with van der Waals surface area (Å²) in [5.74, 6) is -0.479. The first-order valence-electron chi connectivity index (χ1n) is 13.2. The Kier molecular flexibility index (Phi) is 7.33.